The van der Waals surface area contributed by atoms with Crippen molar-refractivity contribution in [1.82, 2.24) is 0 Å². The fourth-order valence-electron chi connectivity index (χ4n) is 1.72. The Bertz CT molecular complexity index is 508. The first-order valence-electron chi connectivity index (χ1n) is 5.92. The molecule has 0 bridgehead atoms. The van der Waals surface area contributed by atoms with Gasteiger partial charge >= 0.3 is 0 Å². The van der Waals surface area contributed by atoms with Gasteiger partial charge in [0.2, 0.25) is 0 Å². The number of hydrogen-bond donors (Lipinski definition) is 2. The molecule has 1 unspecified atom stereocenters. The minimum atomic E-state index is -0.467. The van der Waals surface area contributed by atoms with Crippen LogP contribution in [0.5, 0.6) is 0 Å². The van der Waals surface area contributed by atoms with Gasteiger partial charge in [0.25, 0.3) is 0 Å². The molecule has 0 aliphatic rings. The highest BCUT2D eigenvalue weighted by Crippen LogP contribution is 2.16. The Hall–Kier alpha value is -1.87. The Labute approximate surface area is 106 Å². The van der Waals surface area contributed by atoms with E-state index in [4.69, 9.17) is 0 Å². The zero-order chi connectivity index (χ0) is 13.0. The number of anilines is 1. The molecule has 0 saturated carbocycles. The van der Waals surface area contributed by atoms with E-state index in [0.29, 0.717) is 12.1 Å². The third kappa shape index (κ3) is 3.08. The van der Waals surface area contributed by atoms with Crippen molar-refractivity contribution in [3.8, 4) is 0 Å². The van der Waals surface area contributed by atoms with E-state index in [1.165, 1.54) is 6.07 Å². The second kappa shape index (κ2) is 5.65. The van der Waals surface area contributed by atoms with Crippen LogP contribution in [0, 0.1) is 5.82 Å². The van der Waals surface area contributed by atoms with Crippen molar-refractivity contribution in [3.05, 3.63) is 65.5 Å². The molecule has 0 aromatic heterocycles. The molecule has 2 nitrogen and oxygen atoms in total. The quantitative estimate of drug-likeness (QED) is 0.864. The summed E-state index contributed by atoms with van der Waals surface area (Å²) in [5, 5.41) is 12.5. The first kappa shape index (κ1) is 12.6. The summed E-state index contributed by atoms with van der Waals surface area (Å²) in [4.78, 5) is 0. The molecular weight excluding hydrogens is 229 g/mol. The van der Waals surface area contributed by atoms with Crippen LogP contribution in [0.25, 0.3) is 0 Å². The lowest BCUT2D eigenvalue weighted by Crippen LogP contribution is -2.01. The number of nitrogens with one attached hydrogen (secondary N) is 1. The molecule has 0 radical (unpaired) electrons. The highest BCUT2D eigenvalue weighted by Gasteiger charge is 2.02. The summed E-state index contributed by atoms with van der Waals surface area (Å²) in [5.41, 5.74) is 2.41. The average Bonchev–Trinajstić information content (AvgIpc) is 2.38. The third-order valence-electron chi connectivity index (χ3n) is 2.83. The molecule has 0 aliphatic carbocycles. The fourth-order valence-corrected chi connectivity index (χ4v) is 1.72. The topological polar surface area (TPSA) is 32.3 Å². The van der Waals surface area contributed by atoms with Crippen molar-refractivity contribution in [1.29, 1.82) is 0 Å². The van der Waals surface area contributed by atoms with Crippen LogP contribution in [0.4, 0.5) is 10.1 Å². The summed E-state index contributed by atoms with van der Waals surface area (Å²) < 4.78 is 13.4. The molecule has 2 aromatic rings. The van der Waals surface area contributed by atoms with Crippen molar-refractivity contribution in [2.24, 2.45) is 0 Å². The highest BCUT2D eigenvalue weighted by atomic mass is 19.1. The van der Waals surface area contributed by atoms with E-state index in [9.17, 15) is 9.50 Å². The minimum absolute atomic E-state index is 0.203. The number of rotatable bonds is 4. The number of halogens is 1. The molecule has 0 saturated heterocycles. The third-order valence-corrected chi connectivity index (χ3v) is 2.83. The molecule has 94 valence electrons. The normalized spacial score (nSPS) is 12.2. The maximum Gasteiger partial charge on any atom is 0.128 e. The zero-order valence-electron chi connectivity index (χ0n) is 10.2. The molecule has 2 N–H and O–H groups in total. The van der Waals surface area contributed by atoms with Gasteiger partial charge in [0.1, 0.15) is 5.82 Å². The SMILES string of the molecule is CC(O)c1ccc(NCc2ccccc2F)cc1. The monoisotopic (exact) mass is 245 g/mol. The second-order valence-corrected chi connectivity index (χ2v) is 4.24. The van der Waals surface area contributed by atoms with Gasteiger partial charge in [-0.1, -0.05) is 30.3 Å². The van der Waals surface area contributed by atoms with E-state index in [1.807, 2.05) is 30.3 Å². The smallest absolute Gasteiger partial charge is 0.128 e. The van der Waals surface area contributed by atoms with Gasteiger partial charge in [0.15, 0.2) is 0 Å². The summed E-state index contributed by atoms with van der Waals surface area (Å²) in [7, 11) is 0. The van der Waals surface area contributed by atoms with Gasteiger partial charge in [0.05, 0.1) is 6.10 Å². The Morgan fingerprint density at radius 3 is 2.39 bits per heavy atom. The van der Waals surface area contributed by atoms with Crippen LogP contribution in [-0.2, 0) is 6.54 Å². The van der Waals surface area contributed by atoms with E-state index in [2.05, 4.69) is 5.32 Å². The first-order valence-corrected chi connectivity index (χ1v) is 5.92. The van der Waals surface area contributed by atoms with E-state index in [1.54, 1.807) is 19.1 Å². The van der Waals surface area contributed by atoms with Gasteiger partial charge < -0.3 is 10.4 Å². The lowest BCUT2D eigenvalue weighted by atomic mass is 10.1. The number of benzene rings is 2. The molecule has 2 aromatic carbocycles. The highest BCUT2D eigenvalue weighted by molar-refractivity contribution is 5.45. The van der Waals surface area contributed by atoms with Gasteiger partial charge in [-0.25, -0.2) is 4.39 Å². The number of hydrogen-bond acceptors (Lipinski definition) is 2. The van der Waals surface area contributed by atoms with Crippen LogP contribution in [-0.4, -0.2) is 5.11 Å². The largest absolute Gasteiger partial charge is 0.389 e. The summed E-state index contributed by atoms with van der Waals surface area (Å²) in [5.74, 6) is -0.203. The van der Waals surface area contributed by atoms with E-state index in [-0.39, 0.29) is 5.82 Å². The molecule has 0 fully saturated rings. The molecule has 0 heterocycles. The Morgan fingerprint density at radius 1 is 1.11 bits per heavy atom. The average molecular weight is 245 g/mol. The molecule has 2 rings (SSSR count). The Morgan fingerprint density at radius 2 is 1.78 bits per heavy atom. The van der Waals surface area contributed by atoms with Crippen LogP contribution in [0.3, 0.4) is 0 Å². The predicted molar refractivity (Wildman–Crippen MR) is 70.8 cm³/mol. The molecule has 0 amide bonds. The lowest BCUT2D eigenvalue weighted by molar-refractivity contribution is 0.199. The van der Waals surface area contributed by atoms with Crippen molar-refractivity contribution < 1.29 is 9.50 Å². The number of aliphatic hydroxyl groups excluding tert-OH is 1. The molecule has 0 aliphatic heterocycles. The molecule has 0 spiro atoms. The van der Waals surface area contributed by atoms with Crippen LogP contribution in [0.2, 0.25) is 0 Å². The van der Waals surface area contributed by atoms with Crippen molar-refractivity contribution in [2.75, 3.05) is 5.32 Å². The lowest BCUT2D eigenvalue weighted by Gasteiger charge is -2.09. The maximum atomic E-state index is 13.4. The second-order valence-electron chi connectivity index (χ2n) is 4.24. The molecule has 1 atom stereocenters. The van der Waals surface area contributed by atoms with Crippen molar-refractivity contribution >= 4 is 5.69 Å². The van der Waals surface area contributed by atoms with E-state index < -0.39 is 6.10 Å². The van der Waals surface area contributed by atoms with Gasteiger partial charge in [-0.05, 0) is 30.7 Å². The van der Waals surface area contributed by atoms with Gasteiger partial charge in [-0.15, -0.1) is 0 Å². The van der Waals surface area contributed by atoms with Gasteiger partial charge in [0, 0.05) is 17.8 Å². The summed E-state index contributed by atoms with van der Waals surface area (Å²) >= 11 is 0. The minimum Gasteiger partial charge on any atom is -0.389 e. The predicted octanol–water partition coefficient (Wildman–Crippen LogP) is 3.49. The van der Waals surface area contributed by atoms with E-state index in [0.717, 1.165) is 11.3 Å². The van der Waals surface area contributed by atoms with Crippen molar-refractivity contribution in [3.63, 3.8) is 0 Å². The summed E-state index contributed by atoms with van der Waals surface area (Å²) in [6.07, 6.45) is -0.467. The maximum absolute atomic E-state index is 13.4. The zero-order valence-corrected chi connectivity index (χ0v) is 10.2. The summed E-state index contributed by atoms with van der Waals surface area (Å²) in [6.45, 7) is 2.17. The van der Waals surface area contributed by atoms with Crippen LogP contribution >= 0.6 is 0 Å². The molecule has 3 heteroatoms. The van der Waals surface area contributed by atoms with Crippen LogP contribution in [0.1, 0.15) is 24.2 Å². The number of aliphatic hydroxyl groups is 1. The molecule has 18 heavy (non-hydrogen) atoms. The summed E-state index contributed by atoms with van der Waals surface area (Å²) in [6, 6.07) is 14.2. The van der Waals surface area contributed by atoms with Gasteiger partial charge in [-0.3, -0.25) is 0 Å². The molecular formula is C15H16FNO. The van der Waals surface area contributed by atoms with E-state index >= 15 is 0 Å². The van der Waals surface area contributed by atoms with Crippen LogP contribution < -0.4 is 5.32 Å². The Kier molecular flexibility index (Phi) is 3.95. The fraction of sp³-hybridized carbons (Fsp3) is 0.200. The first-order chi connectivity index (χ1) is 8.66. The van der Waals surface area contributed by atoms with Gasteiger partial charge in [-0.2, -0.15) is 0 Å². The van der Waals surface area contributed by atoms with Crippen LogP contribution in [0.15, 0.2) is 48.5 Å². The Balaban J connectivity index is 2.00. The van der Waals surface area contributed by atoms with Crippen molar-refractivity contribution in [2.45, 2.75) is 19.6 Å². The standard InChI is InChI=1S/C15H16FNO/c1-11(18)12-6-8-14(9-7-12)17-10-13-4-2-3-5-15(13)16/h2-9,11,17-18H,10H2,1H3.